The topological polar surface area (TPSA) is 111 Å². The monoisotopic (exact) mass is 336 g/mol. The van der Waals surface area contributed by atoms with Crippen LogP contribution < -0.4 is 21.9 Å². The van der Waals surface area contributed by atoms with E-state index in [1.807, 2.05) is 5.32 Å². The summed E-state index contributed by atoms with van der Waals surface area (Å²) in [6, 6.07) is 0. The van der Waals surface area contributed by atoms with Gasteiger partial charge in [0.25, 0.3) is 17.0 Å². The molecule has 23 heavy (non-hydrogen) atoms. The number of ether oxygens (including phenoxy) is 1. The molecule has 1 aliphatic rings. The Bertz CT molecular complexity index is 825. The van der Waals surface area contributed by atoms with Crippen LogP contribution in [0.4, 0.5) is 23.8 Å². The van der Waals surface area contributed by atoms with Gasteiger partial charge in [-0.15, -0.1) is 0 Å². The fraction of sp³-hybridized carbons (Fsp3) is 0.455. The van der Waals surface area contributed by atoms with Crippen molar-refractivity contribution in [1.82, 2.24) is 14.5 Å². The Morgan fingerprint density at radius 1 is 1.22 bits per heavy atom. The minimum Gasteiger partial charge on any atom is -0.453 e. The molecule has 0 aromatic carbocycles. The Kier molecular flexibility index (Phi) is 3.50. The highest BCUT2D eigenvalue weighted by atomic mass is 19.4. The van der Waals surface area contributed by atoms with Crippen molar-refractivity contribution in [3.05, 3.63) is 26.4 Å². The van der Waals surface area contributed by atoms with Gasteiger partial charge in [0.2, 0.25) is 0 Å². The Morgan fingerprint density at radius 2 is 1.78 bits per heavy atom. The number of fused-ring (bicyclic) bond motifs is 1. The van der Waals surface area contributed by atoms with Crippen molar-refractivity contribution in [2.75, 3.05) is 12.4 Å². The average molecular weight is 336 g/mol. The summed E-state index contributed by atoms with van der Waals surface area (Å²) < 4.78 is 46.0. The molecule has 2 rings (SSSR count). The van der Waals surface area contributed by atoms with Gasteiger partial charge in [-0.25, -0.2) is 9.59 Å². The maximum Gasteiger partial charge on any atom is 0.425 e. The first-order valence-corrected chi connectivity index (χ1v) is 6.03. The van der Waals surface area contributed by atoms with E-state index in [1.54, 1.807) is 0 Å². The average Bonchev–Trinajstić information content (AvgIpc) is 2.76. The summed E-state index contributed by atoms with van der Waals surface area (Å²) in [5.41, 5.74) is -7.07. The second-order valence-electron chi connectivity index (χ2n) is 4.75. The third-order valence-electron chi connectivity index (χ3n) is 3.51. The Labute approximate surface area is 125 Å². The molecule has 0 bridgehead atoms. The van der Waals surface area contributed by atoms with Crippen molar-refractivity contribution in [2.45, 2.75) is 11.7 Å². The summed E-state index contributed by atoms with van der Waals surface area (Å²) in [5, 5.41) is 3.20. The first-order valence-electron chi connectivity index (χ1n) is 6.03. The van der Waals surface area contributed by atoms with Crippen molar-refractivity contribution in [3.8, 4) is 0 Å². The van der Waals surface area contributed by atoms with E-state index < -0.39 is 46.3 Å². The van der Waals surface area contributed by atoms with Crippen LogP contribution in [0.3, 0.4) is 0 Å². The predicted octanol–water partition coefficient (Wildman–Crippen LogP) is -0.850. The highest BCUT2D eigenvalue weighted by molar-refractivity contribution is 6.07. The molecule has 0 saturated heterocycles. The highest BCUT2D eigenvalue weighted by Gasteiger charge is 2.68. The van der Waals surface area contributed by atoms with E-state index >= 15 is 0 Å². The van der Waals surface area contributed by atoms with Gasteiger partial charge in [-0.3, -0.25) is 24.0 Å². The van der Waals surface area contributed by atoms with E-state index in [1.165, 1.54) is 5.32 Å². The van der Waals surface area contributed by atoms with Gasteiger partial charge in [0.1, 0.15) is 11.4 Å². The number of alkyl carbamates (subject to hydrolysis) is 1. The molecule has 0 aliphatic carbocycles. The summed E-state index contributed by atoms with van der Waals surface area (Å²) in [5.74, 6) is -2.36. The number of aromatic nitrogens is 2. The number of amides is 2. The fourth-order valence-electron chi connectivity index (χ4n) is 2.31. The van der Waals surface area contributed by atoms with Crippen molar-refractivity contribution in [3.63, 3.8) is 0 Å². The summed E-state index contributed by atoms with van der Waals surface area (Å²) in [6.45, 7) is 0. The fourth-order valence-corrected chi connectivity index (χ4v) is 2.31. The lowest BCUT2D eigenvalue weighted by Crippen LogP contribution is -2.62. The smallest absolute Gasteiger partial charge is 0.425 e. The zero-order valence-electron chi connectivity index (χ0n) is 12.1. The standard InChI is InChI=1S/C11H11F3N4O5/c1-17-5-4(6(19)18(2)9(17)22)10(7(20)15-5,11(12,13)14)16-8(21)23-3/h1-3H3,(H,15,20)(H,16,21)/t10-/m0/s1. The van der Waals surface area contributed by atoms with Crippen molar-refractivity contribution in [2.24, 2.45) is 14.1 Å². The summed E-state index contributed by atoms with van der Waals surface area (Å²) in [6.07, 6.45) is -6.93. The van der Waals surface area contributed by atoms with Crippen LogP contribution in [0.5, 0.6) is 0 Å². The third-order valence-corrected chi connectivity index (χ3v) is 3.51. The van der Waals surface area contributed by atoms with Crippen molar-refractivity contribution >= 4 is 17.8 Å². The molecule has 2 amide bonds. The van der Waals surface area contributed by atoms with Crippen molar-refractivity contribution in [1.29, 1.82) is 0 Å². The lowest BCUT2D eigenvalue weighted by atomic mass is 9.92. The van der Waals surface area contributed by atoms with Gasteiger partial charge in [0.05, 0.1) is 7.11 Å². The molecule has 1 atom stereocenters. The number of methoxy groups -OCH3 is 1. The third kappa shape index (κ3) is 2.01. The molecule has 2 N–H and O–H groups in total. The number of nitrogens with zero attached hydrogens (tertiary/aromatic N) is 2. The number of rotatable bonds is 1. The molecule has 0 radical (unpaired) electrons. The molecule has 0 saturated carbocycles. The zero-order valence-corrected chi connectivity index (χ0v) is 12.1. The second kappa shape index (κ2) is 4.86. The van der Waals surface area contributed by atoms with Gasteiger partial charge in [-0.2, -0.15) is 13.2 Å². The molecular formula is C11H11F3N4O5. The largest absolute Gasteiger partial charge is 0.453 e. The van der Waals surface area contributed by atoms with Crippen LogP contribution in [0, 0.1) is 0 Å². The number of halogens is 3. The lowest BCUT2D eigenvalue weighted by molar-refractivity contribution is -0.197. The lowest BCUT2D eigenvalue weighted by Gasteiger charge is -2.29. The van der Waals surface area contributed by atoms with Crippen LogP contribution in [-0.2, 0) is 29.2 Å². The number of hydrogen-bond donors (Lipinski definition) is 2. The highest BCUT2D eigenvalue weighted by Crippen LogP contribution is 2.44. The van der Waals surface area contributed by atoms with E-state index in [0.717, 1.165) is 21.2 Å². The Morgan fingerprint density at radius 3 is 2.26 bits per heavy atom. The molecular weight excluding hydrogens is 325 g/mol. The molecule has 0 unspecified atom stereocenters. The van der Waals surface area contributed by atoms with E-state index in [9.17, 15) is 32.3 Å². The van der Waals surface area contributed by atoms with E-state index in [0.29, 0.717) is 9.13 Å². The molecule has 1 aliphatic heterocycles. The van der Waals surface area contributed by atoms with Crippen LogP contribution in [0.2, 0.25) is 0 Å². The van der Waals surface area contributed by atoms with E-state index in [2.05, 4.69) is 4.74 Å². The van der Waals surface area contributed by atoms with Crippen molar-refractivity contribution < 1.29 is 27.5 Å². The van der Waals surface area contributed by atoms with Crippen LogP contribution in [-0.4, -0.2) is 34.4 Å². The van der Waals surface area contributed by atoms with Gasteiger partial charge >= 0.3 is 18.0 Å². The number of carbonyl (C=O) groups excluding carboxylic acids is 2. The summed E-state index contributed by atoms with van der Waals surface area (Å²) in [4.78, 5) is 47.3. The molecule has 12 heteroatoms. The maximum atomic E-state index is 13.6. The maximum absolute atomic E-state index is 13.6. The van der Waals surface area contributed by atoms with Gasteiger partial charge in [0, 0.05) is 14.1 Å². The Hall–Kier alpha value is -2.79. The molecule has 0 spiro atoms. The van der Waals surface area contributed by atoms with Gasteiger partial charge in [0.15, 0.2) is 0 Å². The number of alkyl halides is 3. The summed E-state index contributed by atoms with van der Waals surface area (Å²) >= 11 is 0. The quantitative estimate of drug-likeness (QED) is 0.694. The molecule has 9 nitrogen and oxygen atoms in total. The number of hydrogen-bond acceptors (Lipinski definition) is 5. The van der Waals surface area contributed by atoms with E-state index in [-0.39, 0.29) is 0 Å². The van der Waals surface area contributed by atoms with Crippen LogP contribution >= 0.6 is 0 Å². The van der Waals surface area contributed by atoms with Crippen LogP contribution in [0.25, 0.3) is 0 Å². The first kappa shape index (κ1) is 16.6. The molecule has 1 aromatic heterocycles. The first-order chi connectivity index (χ1) is 10.5. The van der Waals surface area contributed by atoms with Crippen LogP contribution in [0.15, 0.2) is 9.59 Å². The van der Waals surface area contributed by atoms with Gasteiger partial charge < -0.3 is 10.1 Å². The molecule has 0 fully saturated rings. The minimum absolute atomic E-state index is 0.401. The second-order valence-corrected chi connectivity index (χ2v) is 4.75. The summed E-state index contributed by atoms with van der Waals surface area (Å²) in [7, 11) is 2.82. The van der Waals surface area contributed by atoms with Gasteiger partial charge in [-0.1, -0.05) is 0 Å². The normalized spacial score (nSPS) is 20.0. The Balaban J connectivity index is 2.94. The minimum atomic E-state index is -5.36. The zero-order chi connectivity index (χ0) is 17.7. The van der Waals surface area contributed by atoms with E-state index in [4.69, 9.17) is 0 Å². The predicted molar refractivity (Wildman–Crippen MR) is 68.8 cm³/mol. The molecule has 2 heterocycles. The number of carbonyl (C=O) groups is 2. The molecule has 1 aromatic rings. The van der Waals surface area contributed by atoms with Gasteiger partial charge in [-0.05, 0) is 0 Å². The molecule has 126 valence electrons. The van der Waals surface area contributed by atoms with Crippen LogP contribution in [0.1, 0.15) is 5.56 Å². The number of nitrogens with one attached hydrogen (secondary N) is 2. The number of anilines is 1. The SMILES string of the molecule is COC(=O)N[C@]1(C(F)(F)F)C(=O)Nc2c1c(=O)n(C)c(=O)n2C.